The zero-order valence-corrected chi connectivity index (χ0v) is 18.4. The van der Waals surface area contributed by atoms with Crippen molar-refractivity contribution in [2.24, 2.45) is 0 Å². The lowest BCUT2D eigenvalue weighted by molar-refractivity contribution is 0.271. The number of hydrogen-bond acceptors (Lipinski definition) is 6. The molecule has 1 aliphatic heterocycles. The van der Waals surface area contributed by atoms with Crippen LogP contribution in [-0.4, -0.2) is 48.7 Å². The van der Waals surface area contributed by atoms with Crippen LogP contribution in [0.3, 0.4) is 0 Å². The molecule has 2 aromatic heterocycles. The first-order valence-electron chi connectivity index (χ1n) is 10.3. The lowest BCUT2D eigenvalue weighted by Crippen LogP contribution is -2.29. The Morgan fingerprint density at radius 3 is 2.40 bits per heavy atom. The fourth-order valence-corrected chi connectivity index (χ4v) is 4.49. The summed E-state index contributed by atoms with van der Waals surface area (Å²) in [5, 5.41) is 0.0778. The van der Waals surface area contributed by atoms with E-state index in [0.29, 0.717) is 11.9 Å². The van der Waals surface area contributed by atoms with Gasteiger partial charge in [0.2, 0.25) is 5.89 Å². The van der Waals surface area contributed by atoms with Gasteiger partial charge in [0.15, 0.2) is 14.9 Å². The van der Waals surface area contributed by atoms with E-state index in [1.165, 1.54) is 25.5 Å². The van der Waals surface area contributed by atoms with E-state index in [1.54, 1.807) is 12.3 Å². The predicted octanol–water partition coefficient (Wildman–Crippen LogP) is 4.14. The van der Waals surface area contributed by atoms with Gasteiger partial charge in [-0.1, -0.05) is 12.1 Å². The van der Waals surface area contributed by atoms with Crippen LogP contribution < -0.4 is 0 Å². The van der Waals surface area contributed by atoms with Crippen LogP contribution >= 0.6 is 0 Å². The predicted molar refractivity (Wildman–Crippen MR) is 117 cm³/mol. The number of likely N-dealkylation sites (tertiary alicyclic amines) is 1. The molecule has 7 heteroatoms. The second-order valence-electron chi connectivity index (χ2n) is 8.03. The molecular formula is C23H27N3O3S. The third-order valence-electron chi connectivity index (χ3n) is 5.80. The molecule has 6 nitrogen and oxygen atoms in total. The van der Waals surface area contributed by atoms with E-state index in [0.717, 1.165) is 47.4 Å². The molecule has 4 rings (SSSR count). The molecule has 1 aliphatic rings. The highest BCUT2D eigenvalue weighted by Gasteiger charge is 2.21. The number of pyridine rings is 1. The number of aryl methyl sites for hydroxylation is 1. The minimum absolute atomic E-state index is 0.0778. The fraction of sp³-hybridized carbons (Fsp3) is 0.391. The molecule has 0 spiro atoms. The van der Waals surface area contributed by atoms with Crippen molar-refractivity contribution in [1.29, 1.82) is 0 Å². The quantitative estimate of drug-likeness (QED) is 0.591. The first-order chi connectivity index (χ1) is 14.3. The Morgan fingerprint density at radius 1 is 1.10 bits per heavy atom. The number of nitrogens with zero attached hydrogens (tertiary/aromatic N) is 3. The van der Waals surface area contributed by atoms with Crippen LogP contribution in [0.5, 0.6) is 0 Å². The van der Waals surface area contributed by atoms with Crippen molar-refractivity contribution in [3.05, 3.63) is 54.0 Å². The number of oxazole rings is 1. The highest BCUT2D eigenvalue weighted by atomic mass is 32.2. The molecule has 0 aliphatic carbocycles. The average Bonchev–Trinajstić information content (AvgIpc) is 3.31. The molecule has 1 aromatic carbocycles. The summed E-state index contributed by atoms with van der Waals surface area (Å²) >= 11 is 0. The van der Waals surface area contributed by atoms with E-state index >= 15 is 0 Å². The number of benzene rings is 1. The van der Waals surface area contributed by atoms with Crippen molar-refractivity contribution in [1.82, 2.24) is 14.9 Å². The first kappa shape index (κ1) is 20.8. The van der Waals surface area contributed by atoms with Crippen molar-refractivity contribution < 1.29 is 12.8 Å². The Balaban J connectivity index is 1.47. The van der Waals surface area contributed by atoms with E-state index in [9.17, 15) is 8.42 Å². The number of sulfone groups is 1. The van der Waals surface area contributed by atoms with Crippen molar-refractivity contribution in [3.8, 4) is 22.6 Å². The number of hydrogen-bond donors (Lipinski definition) is 0. The maximum absolute atomic E-state index is 11.6. The Kier molecular flexibility index (Phi) is 5.75. The summed E-state index contributed by atoms with van der Waals surface area (Å²) in [6, 6.07) is 11.8. The second-order valence-corrected chi connectivity index (χ2v) is 10.00. The van der Waals surface area contributed by atoms with Crippen LogP contribution in [0, 0.1) is 6.92 Å². The van der Waals surface area contributed by atoms with E-state index in [-0.39, 0.29) is 5.03 Å². The molecule has 3 heterocycles. The van der Waals surface area contributed by atoms with Gasteiger partial charge in [0.25, 0.3) is 0 Å². The molecule has 1 atom stereocenters. The minimum atomic E-state index is -3.29. The molecule has 0 bridgehead atoms. The smallest absolute Gasteiger partial charge is 0.226 e. The van der Waals surface area contributed by atoms with E-state index < -0.39 is 9.84 Å². The third kappa shape index (κ3) is 4.47. The van der Waals surface area contributed by atoms with Gasteiger partial charge in [0, 0.05) is 42.6 Å². The average molecular weight is 426 g/mol. The monoisotopic (exact) mass is 425 g/mol. The van der Waals surface area contributed by atoms with Crippen LogP contribution in [0.1, 0.15) is 31.2 Å². The molecule has 0 saturated carbocycles. The summed E-state index contributed by atoms with van der Waals surface area (Å²) in [5.41, 5.74) is 3.76. The maximum atomic E-state index is 11.6. The topological polar surface area (TPSA) is 76.3 Å². The number of rotatable bonds is 6. The summed E-state index contributed by atoms with van der Waals surface area (Å²) in [7, 11) is -3.29. The van der Waals surface area contributed by atoms with Crippen LogP contribution in [0.15, 0.2) is 52.0 Å². The van der Waals surface area contributed by atoms with Gasteiger partial charge < -0.3 is 9.32 Å². The minimum Gasteiger partial charge on any atom is -0.441 e. The molecule has 3 aromatic rings. The fourth-order valence-electron chi connectivity index (χ4n) is 3.93. The van der Waals surface area contributed by atoms with E-state index in [1.807, 2.05) is 31.2 Å². The largest absolute Gasteiger partial charge is 0.441 e. The van der Waals surface area contributed by atoms with Crippen molar-refractivity contribution in [2.75, 3.05) is 19.3 Å². The van der Waals surface area contributed by atoms with Gasteiger partial charge in [-0.25, -0.2) is 18.4 Å². The summed E-state index contributed by atoms with van der Waals surface area (Å²) in [4.78, 5) is 11.3. The van der Waals surface area contributed by atoms with E-state index in [2.05, 4.69) is 16.8 Å². The Labute approximate surface area is 177 Å². The lowest BCUT2D eigenvalue weighted by Gasteiger charge is -2.20. The Bertz CT molecular complexity index is 1120. The van der Waals surface area contributed by atoms with Gasteiger partial charge >= 0.3 is 0 Å². The molecule has 0 N–H and O–H groups in total. The zero-order chi connectivity index (χ0) is 21.3. The molecule has 0 amide bonds. The summed E-state index contributed by atoms with van der Waals surface area (Å²) in [6.45, 7) is 6.46. The molecule has 1 unspecified atom stereocenters. The van der Waals surface area contributed by atoms with Gasteiger partial charge in [0.1, 0.15) is 5.76 Å². The molecule has 1 saturated heterocycles. The first-order valence-corrected chi connectivity index (χ1v) is 12.2. The highest BCUT2D eigenvalue weighted by Crippen LogP contribution is 2.27. The lowest BCUT2D eigenvalue weighted by atomic mass is 10.1. The van der Waals surface area contributed by atoms with Crippen LogP contribution in [0.2, 0.25) is 0 Å². The van der Waals surface area contributed by atoms with Crippen LogP contribution in [0.4, 0.5) is 0 Å². The van der Waals surface area contributed by atoms with Crippen LogP contribution in [0.25, 0.3) is 22.6 Å². The summed E-state index contributed by atoms with van der Waals surface area (Å²) < 4.78 is 29.1. The van der Waals surface area contributed by atoms with Crippen molar-refractivity contribution in [3.63, 3.8) is 0 Å². The van der Waals surface area contributed by atoms with Gasteiger partial charge in [-0.2, -0.15) is 0 Å². The van der Waals surface area contributed by atoms with Crippen molar-refractivity contribution >= 4 is 9.84 Å². The Morgan fingerprint density at radius 2 is 1.80 bits per heavy atom. The standard InChI is InChI=1S/C23H27N3O3S/c1-16-5-4-13-26(16)14-12-21-17(2)29-23(25-21)19-8-6-18(7-9-19)20-10-11-22(24-15-20)30(3,27)28/h6-11,15-16H,4-5,12-14H2,1-3H3. The van der Waals surface area contributed by atoms with Gasteiger partial charge in [-0.05, 0) is 63.1 Å². The molecule has 1 fully saturated rings. The summed E-state index contributed by atoms with van der Waals surface area (Å²) in [6.07, 6.45) is 6.20. The molecule has 158 valence electrons. The van der Waals surface area contributed by atoms with E-state index in [4.69, 9.17) is 9.40 Å². The number of aromatic nitrogens is 2. The third-order valence-corrected chi connectivity index (χ3v) is 6.80. The van der Waals surface area contributed by atoms with Crippen molar-refractivity contribution in [2.45, 2.75) is 44.2 Å². The van der Waals surface area contributed by atoms with Crippen LogP contribution in [-0.2, 0) is 16.3 Å². The SMILES string of the molecule is Cc1oc(-c2ccc(-c3ccc(S(C)(=O)=O)nc3)cc2)nc1CCN1CCCC1C. The molecule has 30 heavy (non-hydrogen) atoms. The molecule has 0 radical (unpaired) electrons. The normalized spacial score (nSPS) is 17.5. The van der Waals surface area contributed by atoms with Gasteiger partial charge in [-0.3, -0.25) is 0 Å². The maximum Gasteiger partial charge on any atom is 0.226 e. The molecular weight excluding hydrogens is 398 g/mol. The summed E-state index contributed by atoms with van der Waals surface area (Å²) in [5.74, 6) is 1.51. The van der Waals surface area contributed by atoms with Gasteiger partial charge in [0.05, 0.1) is 5.69 Å². The highest BCUT2D eigenvalue weighted by molar-refractivity contribution is 7.90. The zero-order valence-electron chi connectivity index (χ0n) is 17.6. The van der Waals surface area contributed by atoms with Gasteiger partial charge in [-0.15, -0.1) is 0 Å². The Hall–Kier alpha value is -2.51. The second kappa shape index (κ2) is 8.32.